The van der Waals surface area contributed by atoms with Gasteiger partial charge in [0, 0.05) is 18.5 Å². The average molecular weight is 343 g/mol. The van der Waals surface area contributed by atoms with Crippen molar-refractivity contribution in [2.75, 3.05) is 13.1 Å². The van der Waals surface area contributed by atoms with E-state index in [1.807, 2.05) is 0 Å². The van der Waals surface area contributed by atoms with Gasteiger partial charge in [-0.1, -0.05) is 0 Å². The number of ether oxygens (including phenoxy) is 1. The molecule has 1 aliphatic rings. The predicted molar refractivity (Wildman–Crippen MR) is 87.8 cm³/mol. The molecule has 3 rings (SSSR count). The fraction of sp³-hybridized carbons (Fsp3) is 0.333. The van der Waals surface area contributed by atoms with E-state index in [0.717, 1.165) is 32.0 Å². The molecule has 1 aromatic carbocycles. The van der Waals surface area contributed by atoms with Crippen molar-refractivity contribution in [2.45, 2.75) is 18.8 Å². The average Bonchev–Trinajstić information content (AvgIpc) is 2.64. The van der Waals surface area contributed by atoms with Crippen LogP contribution in [0.2, 0.25) is 0 Å². The van der Waals surface area contributed by atoms with E-state index in [2.05, 4.69) is 15.3 Å². The maximum Gasteiger partial charge on any atom is 0.322 e. The van der Waals surface area contributed by atoms with Crippen molar-refractivity contribution < 1.29 is 18.7 Å². The van der Waals surface area contributed by atoms with Crippen LogP contribution in [0, 0.1) is 11.7 Å². The first-order chi connectivity index (χ1) is 12.2. The van der Waals surface area contributed by atoms with Gasteiger partial charge in [0.25, 0.3) is 0 Å². The number of carbonyl (C=O) groups is 2. The lowest BCUT2D eigenvalue weighted by atomic mass is 9.84. The molecular weight excluding hydrogens is 325 g/mol. The van der Waals surface area contributed by atoms with Crippen LogP contribution in [0.3, 0.4) is 0 Å². The summed E-state index contributed by atoms with van der Waals surface area (Å²) in [6.45, 7) is 1.62. The molecule has 0 bridgehead atoms. The molecule has 7 heteroatoms. The van der Waals surface area contributed by atoms with Gasteiger partial charge in [0.15, 0.2) is 6.29 Å². The Hall–Kier alpha value is -2.67. The number of hydrogen-bond acceptors (Lipinski definition) is 6. The number of rotatable bonds is 5. The first kappa shape index (κ1) is 17.2. The molecule has 2 heterocycles. The van der Waals surface area contributed by atoms with E-state index in [9.17, 15) is 14.0 Å². The van der Waals surface area contributed by atoms with E-state index in [0.29, 0.717) is 12.1 Å². The van der Waals surface area contributed by atoms with Crippen molar-refractivity contribution in [2.24, 2.45) is 5.92 Å². The summed E-state index contributed by atoms with van der Waals surface area (Å²) >= 11 is 0. The number of hydrogen-bond donors (Lipinski definition) is 1. The number of aldehydes is 1. The van der Waals surface area contributed by atoms with E-state index >= 15 is 0 Å². The second-order valence-corrected chi connectivity index (χ2v) is 5.89. The highest BCUT2D eigenvalue weighted by Crippen LogP contribution is 2.31. The molecule has 1 aromatic heterocycles. The topological polar surface area (TPSA) is 81.2 Å². The Morgan fingerprint density at radius 1 is 1.28 bits per heavy atom. The number of halogens is 1. The van der Waals surface area contributed by atoms with Gasteiger partial charge in [-0.2, -0.15) is 0 Å². The minimum absolute atomic E-state index is 0.0512. The highest BCUT2D eigenvalue weighted by Gasteiger charge is 2.34. The Balaban J connectivity index is 1.83. The summed E-state index contributed by atoms with van der Waals surface area (Å²) in [6, 6.07) is 5.40. The summed E-state index contributed by atoms with van der Waals surface area (Å²) in [6.07, 6.45) is 5.19. The third kappa shape index (κ3) is 4.06. The van der Waals surface area contributed by atoms with Crippen LogP contribution in [0.4, 0.5) is 4.39 Å². The largest absolute Gasteiger partial charge is 0.426 e. The molecule has 1 N–H and O–H groups in total. The Morgan fingerprint density at radius 3 is 2.64 bits per heavy atom. The number of piperidine rings is 1. The summed E-state index contributed by atoms with van der Waals surface area (Å²) < 4.78 is 19.1. The molecule has 1 fully saturated rings. The van der Waals surface area contributed by atoms with E-state index in [1.54, 1.807) is 18.5 Å². The summed E-state index contributed by atoms with van der Waals surface area (Å²) in [4.78, 5) is 31.9. The molecule has 1 unspecified atom stereocenters. The second kappa shape index (κ2) is 7.94. The van der Waals surface area contributed by atoms with Crippen molar-refractivity contribution in [3.63, 3.8) is 0 Å². The number of benzene rings is 1. The lowest BCUT2D eigenvalue weighted by molar-refractivity contribution is -0.138. The monoisotopic (exact) mass is 343 g/mol. The normalized spacial score (nSPS) is 16.2. The molecule has 25 heavy (non-hydrogen) atoms. The number of esters is 1. The minimum Gasteiger partial charge on any atom is -0.426 e. The van der Waals surface area contributed by atoms with Crippen LogP contribution in [-0.2, 0) is 4.79 Å². The fourth-order valence-electron chi connectivity index (χ4n) is 3.00. The summed E-state index contributed by atoms with van der Waals surface area (Å²) in [5.74, 6) is -1.34. The van der Waals surface area contributed by atoms with E-state index in [4.69, 9.17) is 4.74 Å². The zero-order chi connectivity index (χ0) is 17.6. The molecule has 0 amide bonds. The second-order valence-electron chi connectivity index (χ2n) is 5.89. The lowest BCUT2D eigenvalue weighted by Crippen LogP contribution is -2.35. The molecule has 130 valence electrons. The van der Waals surface area contributed by atoms with Gasteiger partial charge < -0.3 is 10.1 Å². The van der Waals surface area contributed by atoms with Crippen LogP contribution in [0.15, 0.2) is 36.7 Å². The summed E-state index contributed by atoms with van der Waals surface area (Å²) in [7, 11) is 0. The Bertz CT molecular complexity index is 748. The standard InChI is InChI=1S/C18H18FN3O3/c19-15-10-14(3-2-13(15)11-23)25-18(24)16(12-4-8-20-9-5-12)17-21-6-1-7-22-17/h1-3,6-7,10-12,16,20H,4-5,8-9H2. The van der Waals surface area contributed by atoms with Crippen molar-refractivity contribution in [1.29, 1.82) is 0 Å². The van der Waals surface area contributed by atoms with Crippen LogP contribution in [0.5, 0.6) is 5.75 Å². The van der Waals surface area contributed by atoms with Gasteiger partial charge in [0.05, 0.1) is 5.56 Å². The van der Waals surface area contributed by atoms with Crippen LogP contribution < -0.4 is 10.1 Å². The van der Waals surface area contributed by atoms with Crippen LogP contribution in [0.25, 0.3) is 0 Å². The quantitative estimate of drug-likeness (QED) is 0.509. The molecular formula is C18H18FN3O3. The van der Waals surface area contributed by atoms with Crippen molar-refractivity contribution in [1.82, 2.24) is 15.3 Å². The highest BCUT2D eigenvalue weighted by molar-refractivity contribution is 5.80. The first-order valence-corrected chi connectivity index (χ1v) is 8.13. The Morgan fingerprint density at radius 2 is 2.00 bits per heavy atom. The molecule has 1 atom stereocenters. The van der Waals surface area contributed by atoms with Crippen LogP contribution >= 0.6 is 0 Å². The SMILES string of the molecule is O=Cc1ccc(OC(=O)C(c2ncccn2)C2CCNCC2)cc1F. The fourth-order valence-corrected chi connectivity index (χ4v) is 3.00. The third-order valence-electron chi connectivity index (χ3n) is 4.29. The van der Waals surface area contributed by atoms with Crippen molar-refractivity contribution in [3.05, 3.63) is 53.9 Å². The smallest absolute Gasteiger partial charge is 0.322 e. The van der Waals surface area contributed by atoms with Gasteiger partial charge in [-0.05, 0) is 50.0 Å². The van der Waals surface area contributed by atoms with E-state index in [1.165, 1.54) is 12.1 Å². The minimum atomic E-state index is -0.727. The zero-order valence-corrected chi connectivity index (χ0v) is 13.5. The van der Waals surface area contributed by atoms with Gasteiger partial charge >= 0.3 is 5.97 Å². The maximum atomic E-state index is 13.7. The maximum absolute atomic E-state index is 13.7. The van der Waals surface area contributed by atoms with E-state index in [-0.39, 0.29) is 17.2 Å². The number of carbonyl (C=O) groups excluding carboxylic acids is 2. The Kier molecular flexibility index (Phi) is 5.45. The molecule has 0 aliphatic carbocycles. The number of nitrogens with zero attached hydrogens (tertiary/aromatic N) is 2. The molecule has 1 aliphatic heterocycles. The molecule has 0 saturated carbocycles. The summed E-state index contributed by atoms with van der Waals surface area (Å²) in [5, 5.41) is 3.25. The van der Waals surface area contributed by atoms with E-state index < -0.39 is 17.7 Å². The zero-order valence-electron chi connectivity index (χ0n) is 13.5. The first-order valence-electron chi connectivity index (χ1n) is 8.13. The van der Waals surface area contributed by atoms with Crippen molar-refractivity contribution >= 4 is 12.3 Å². The van der Waals surface area contributed by atoms with Gasteiger partial charge in [-0.25, -0.2) is 14.4 Å². The lowest BCUT2D eigenvalue weighted by Gasteiger charge is -2.28. The molecule has 0 radical (unpaired) electrons. The number of aromatic nitrogens is 2. The Labute approximate surface area is 144 Å². The third-order valence-corrected chi connectivity index (χ3v) is 4.29. The molecule has 2 aromatic rings. The summed E-state index contributed by atoms with van der Waals surface area (Å²) in [5.41, 5.74) is -0.0823. The van der Waals surface area contributed by atoms with Gasteiger partial charge in [-0.15, -0.1) is 0 Å². The molecule has 0 spiro atoms. The van der Waals surface area contributed by atoms with Gasteiger partial charge in [-0.3, -0.25) is 9.59 Å². The van der Waals surface area contributed by atoms with Crippen LogP contribution in [-0.4, -0.2) is 35.3 Å². The van der Waals surface area contributed by atoms with Gasteiger partial charge in [0.1, 0.15) is 23.3 Å². The molecule has 6 nitrogen and oxygen atoms in total. The van der Waals surface area contributed by atoms with Crippen LogP contribution in [0.1, 0.15) is 34.9 Å². The highest BCUT2D eigenvalue weighted by atomic mass is 19.1. The number of nitrogens with one attached hydrogen (secondary N) is 1. The predicted octanol–water partition coefficient (Wildman–Crippen LogP) is 2.12. The van der Waals surface area contributed by atoms with Gasteiger partial charge in [0.2, 0.25) is 0 Å². The molecule has 1 saturated heterocycles. The van der Waals surface area contributed by atoms with Crippen molar-refractivity contribution in [3.8, 4) is 5.75 Å².